The molecule has 2 aromatic carbocycles. The Bertz CT molecular complexity index is 905. The first-order chi connectivity index (χ1) is 15.4. The van der Waals surface area contributed by atoms with Crippen molar-refractivity contribution in [3.05, 3.63) is 70.5 Å². The van der Waals surface area contributed by atoms with E-state index < -0.39 is 6.10 Å². The monoisotopic (exact) mass is 462 g/mol. The van der Waals surface area contributed by atoms with E-state index in [2.05, 4.69) is 5.16 Å². The fourth-order valence-corrected chi connectivity index (χ4v) is 3.62. The maximum atomic E-state index is 13.3. The Morgan fingerprint density at radius 2 is 2.00 bits per heavy atom. The highest BCUT2D eigenvalue weighted by atomic mass is 35.5. The highest BCUT2D eigenvalue weighted by molar-refractivity contribution is 6.30. The van der Waals surface area contributed by atoms with Crippen molar-refractivity contribution in [1.29, 1.82) is 0 Å². The third kappa shape index (κ3) is 7.58. The van der Waals surface area contributed by atoms with E-state index >= 15 is 0 Å². The van der Waals surface area contributed by atoms with Gasteiger partial charge in [-0.25, -0.2) is 4.39 Å². The smallest absolute Gasteiger partial charge is 0.305 e. The number of ether oxygens (including phenoxy) is 1. The Balaban J connectivity index is 1.59. The number of halogens is 2. The Labute approximate surface area is 192 Å². The molecule has 32 heavy (non-hydrogen) atoms. The van der Waals surface area contributed by atoms with Gasteiger partial charge in [-0.3, -0.25) is 9.69 Å². The van der Waals surface area contributed by atoms with Gasteiger partial charge in [-0.2, -0.15) is 0 Å². The highest BCUT2D eigenvalue weighted by Gasteiger charge is 2.26. The first-order valence-corrected chi connectivity index (χ1v) is 11.1. The molecule has 0 aliphatic carbocycles. The topological polar surface area (TPSA) is 71.4 Å². The molecule has 1 heterocycles. The molecule has 0 saturated carbocycles. The predicted molar refractivity (Wildman–Crippen MR) is 121 cm³/mol. The van der Waals surface area contributed by atoms with Crippen LogP contribution in [0.4, 0.5) is 4.39 Å². The van der Waals surface area contributed by atoms with Gasteiger partial charge in [0.05, 0.1) is 5.71 Å². The Morgan fingerprint density at radius 1 is 1.28 bits per heavy atom. The normalized spacial score (nSPS) is 16.5. The van der Waals surface area contributed by atoms with E-state index in [4.69, 9.17) is 21.2 Å². The summed E-state index contributed by atoms with van der Waals surface area (Å²) in [6, 6.07) is 13.7. The van der Waals surface area contributed by atoms with Crippen molar-refractivity contribution in [3.63, 3.8) is 0 Å². The number of benzene rings is 2. The number of rotatable bonds is 11. The molecule has 0 unspecified atom stereocenters. The van der Waals surface area contributed by atoms with Crippen LogP contribution in [0.5, 0.6) is 0 Å². The third-order valence-electron chi connectivity index (χ3n) is 5.05. The molecule has 2 aromatic rings. The van der Waals surface area contributed by atoms with Crippen LogP contribution in [0.1, 0.15) is 37.3 Å². The number of aliphatic hydroxyl groups excluding tert-OH is 1. The molecule has 0 amide bonds. The number of nitrogens with zero attached hydrogens (tertiary/aromatic N) is 2. The molecule has 1 N–H and O–H groups in total. The maximum Gasteiger partial charge on any atom is 0.305 e. The maximum absolute atomic E-state index is 13.3. The minimum absolute atomic E-state index is 0.0726. The van der Waals surface area contributed by atoms with Crippen LogP contribution in [0.25, 0.3) is 0 Å². The molecule has 0 spiro atoms. The van der Waals surface area contributed by atoms with Crippen LogP contribution in [0.3, 0.4) is 0 Å². The van der Waals surface area contributed by atoms with E-state index in [0.717, 1.165) is 16.8 Å². The SMILES string of the molecule is CCCC(=O)OC[C@@H](O)CN(Cc1ccc(F)cc1)C[C@H]1CC(c2ccc(Cl)cc2)=NO1. The molecule has 1 aliphatic heterocycles. The number of carbonyl (C=O) groups is 1. The van der Waals surface area contributed by atoms with E-state index in [1.165, 1.54) is 12.1 Å². The van der Waals surface area contributed by atoms with Crippen molar-refractivity contribution in [2.24, 2.45) is 5.16 Å². The zero-order chi connectivity index (χ0) is 22.9. The molecule has 0 saturated heterocycles. The summed E-state index contributed by atoms with van der Waals surface area (Å²) in [6.07, 6.45) is 0.585. The number of hydrogen-bond donors (Lipinski definition) is 1. The van der Waals surface area contributed by atoms with E-state index in [1.807, 2.05) is 36.1 Å². The van der Waals surface area contributed by atoms with Gasteiger partial charge >= 0.3 is 5.97 Å². The van der Waals surface area contributed by atoms with Gasteiger partial charge in [0.1, 0.15) is 24.6 Å². The van der Waals surface area contributed by atoms with Crippen LogP contribution in [-0.4, -0.2) is 53.6 Å². The van der Waals surface area contributed by atoms with Crippen molar-refractivity contribution >= 4 is 23.3 Å². The number of carbonyl (C=O) groups excluding carboxylic acids is 1. The first-order valence-electron chi connectivity index (χ1n) is 10.7. The van der Waals surface area contributed by atoms with Crippen LogP contribution >= 0.6 is 11.6 Å². The number of esters is 1. The van der Waals surface area contributed by atoms with Crippen molar-refractivity contribution in [3.8, 4) is 0 Å². The third-order valence-corrected chi connectivity index (χ3v) is 5.30. The fourth-order valence-electron chi connectivity index (χ4n) is 3.49. The second kappa shape index (κ2) is 11.9. The fraction of sp³-hybridized carbons (Fsp3) is 0.417. The molecule has 1 aliphatic rings. The molecular weight excluding hydrogens is 435 g/mol. The molecule has 0 radical (unpaired) electrons. The molecule has 8 heteroatoms. The van der Waals surface area contributed by atoms with Crippen LogP contribution in [-0.2, 0) is 20.9 Å². The summed E-state index contributed by atoms with van der Waals surface area (Å²) in [5.41, 5.74) is 2.69. The lowest BCUT2D eigenvalue weighted by Crippen LogP contribution is -2.39. The van der Waals surface area contributed by atoms with Gasteiger partial charge in [0, 0.05) is 37.5 Å². The van der Waals surface area contributed by atoms with E-state index in [-0.39, 0.29) is 31.0 Å². The second-order valence-corrected chi connectivity index (χ2v) is 8.32. The van der Waals surface area contributed by atoms with Crippen molar-refractivity contribution in [2.45, 2.75) is 44.9 Å². The molecule has 0 fully saturated rings. The lowest BCUT2D eigenvalue weighted by molar-refractivity contribution is -0.147. The van der Waals surface area contributed by atoms with Crippen LogP contribution < -0.4 is 0 Å². The first kappa shape index (κ1) is 24.2. The number of hydrogen-bond acceptors (Lipinski definition) is 6. The zero-order valence-corrected chi connectivity index (χ0v) is 18.8. The lowest BCUT2D eigenvalue weighted by atomic mass is 10.0. The summed E-state index contributed by atoms with van der Waals surface area (Å²) in [5.74, 6) is -0.625. The van der Waals surface area contributed by atoms with Crippen LogP contribution in [0.2, 0.25) is 5.02 Å². The van der Waals surface area contributed by atoms with Crippen LogP contribution in [0.15, 0.2) is 53.7 Å². The Morgan fingerprint density at radius 3 is 2.69 bits per heavy atom. The van der Waals surface area contributed by atoms with Crippen molar-refractivity contribution in [1.82, 2.24) is 4.90 Å². The molecular formula is C24H28ClFN2O4. The van der Waals surface area contributed by atoms with Crippen molar-refractivity contribution < 1.29 is 23.9 Å². The summed E-state index contributed by atoms with van der Waals surface area (Å²) in [5, 5.41) is 15.3. The van der Waals surface area contributed by atoms with Gasteiger partial charge in [-0.15, -0.1) is 0 Å². The minimum atomic E-state index is -0.852. The van der Waals surface area contributed by atoms with Gasteiger partial charge in [-0.05, 0) is 41.8 Å². The number of oxime groups is 1. The number of aliphatic hydroxyl groups is 1. The largest absolute Gasteiger partial charge is 0.463 e. The highest BCUT2D eigenvalue weighted by Crippen LogP contribution is 2.20. The van der Waals surface area contributed by atoms with Gasteiger partial charge in [-0.1, -0.05) is 47.9 Å². The average Bonchev–Trinajstić information content (AvgIpc) is 3.23. The van der Waals surface area contributed by atoms with E-state index in [0.29, 0.717) is 37.4 Å². The molecule has 3 rings (SSSR count). The minimum Gasteiger partial charge on any atom is -0.463 e. The quantitative estimate of drug-likeness (QED) is 0.507. The molecule has 2 atom stereocenters. The lowest BCUT2D eigenvalue weighted by Gasteiger charge is -2.27. The molecule has 172 valence electrons. The Hall–Kier alpha value is -2.48. The van der Waals surface area contributed by atoms with E-state index in [9.17, 15) is 14.3 Å². The van der Waals surface area contributed by atoms with Gasteiger partial charge in [0.15, 0.2) is 0 Å². The average molecular weight is 463 g/mol. The standard InChI is InChI=1S/C24H28ClFN2O4/c1-2-3-24(30)31-16-21(29)14-28(13-17-4-10-20(26)11-5-17)15-22-12-23(27-32-22)18-6-8-19(25)9-7-18/h4-11,21-22,29H,2-3,12-16H2,1H3/t21-,22+/m0/s1. The van der Waals surface area contributed by atoms with E-state index in [1.54, 1.807) is 12.1 Å². The Kier molecular flexibility index (Phi) is 9.02. The zero-order valence-electron chi connectivity index (χ0n) is 18.0. The van der Waals surface area contributed by atoms with Crippen LogP contribution in [0, 0.1) is 5.82 Å². The molecule has 0 bridgehead atoms. The summed E-state index contributed by atoms with van der Waals surface area (Å²) in [7, 11) is 0. The summed E-state index contributed by atoms with van der Waals surface area (Å²) in [4.78, 5) is 19.2. The molecule has 0 aromatic heterocycles. The summed E-state index contributed by atoms with van der Waals surface area (Å²) < 4.78 is 18.4. The van der Waals surface area contributed by atoms with Gasteiger partial charge < -0.3 is 14.7 Å². The summed E-state index contributed by atoms with van der Waals surface area (Å²) in [6.45, 7) is 3.07. The summed E-state index contributed by atoms with van der Waals surface area (Å²) >= 11 is 5.96. The predicted octanol–water partition coefficient (Wildman–Crippen LogP) is 4.18. The van der Waals surface area contributed by atoms with Crippen molar-refractivity contribution in [2.75, 3.05) is 19.7 Å². The van der Waals surface area contributed by atoms with Gasteiger partial charge in [0.2, 0.25) is 0 Å². The second-order valence-electron chi connectivity index (χ2n) is 7.88. The molecule has 6 nitrogen and oxygen atoms in total. The van der Waals surface area contributed by atoms with Gasteiger partial charge in [0.25, 0.3) is 0 Å².